The summed E-state index contributed by atoms with van der Waals surface area (Å²) in [6.07, 6.45) is 0. The molecule has 0 bridgehead atoms. The lowest BCUT2D eigenvalue weighted by molar-refractivity contribution is -0.142. The van der Waals surface area contributed by atoms with Crippen LogP contribution in [0.25, 0.3) is 0 Å². The number of carboxylic acid groups (broad SMARTS) is 1. The van der Waals surface area contributed by atoms with Crippen molar-refractivity contribution in [3.8, 4) is 0 Å². The second-order valence-corrected chi connectivity index (χ2v) is 4.62. The standard InChI is InChI=1S/C13H16N2O3/c1-9-7-15(8-11(9)12(16)17)13(18)14-10-5-3-2-4-6-10/h2-6,9,11H,7-8H2,1H3,(H,14,18)(H,16,17). The number of carboxylic acids is 1. The number of anilines is 1. The van der Waals surface area contributed by atoms with Crippen molar-refractivity contribution in [3.05, 3.63) is 30.3 Å². The molecule has 0 aliphatic carbocycles. The number of amides is 2. The fourth-order valence-electron chi connectivity index (χ4n) is 2.18. The molecule has 0 radical (unpaired) electrons. The number of likely N-dealkylation sites (tertiary alicyclic amines) is 1. The number of carbonyl (C=O) groups excluding carboxylic acids is 1. The Morgan fingerprint density at radius 2 is 1.94 bits per heavy atom. The van der Waals surface area contributed by atoms with Gasteiger partial charge >= 0.3 is 12.0 Å². The van der Waals surface area contributed by atoms with E-state index in [4.69, 9.17) is 5.11 Å². The topological polar surface area (TPSA) is 69.6 Å². The van der Waals surface area contributed by atoms with Gasteiger partial charge in [-0.05, 0) is 18.1 Å². The highest BCUT2D eigenvalue weighted by atomic mass is 16.4. The molecular formula is C13H16N2O3. The summed E-state index contributed by atoms with van der Waals surface area (Å²) in [6.45, 7) is 2.61. The lowest BCUT2D eigenvalue weighted by Crippen LogP contribution is -2.33. The third-order valence-corrected chi connectivity index (χ3v) is 3.24. The average molecular weight is 248 g/mol. The van der Waals surface area contributed by atoms with Gasteiger partial charge in [0, 0.05) is 18.8 Å². The molecule has 1 heterocycles. The number of rotatable bonds is 2. The molecule has 1 saturated heterocycles. The zero-order valence-electron chi connectivity index (χ0n) is 10.2. The Bertz CT molecular complexity index is 447. The molecule has 5 nitrogen and oxygen atoms in total. The molecule has 1 aromatic rings. The summed E-state index contributed by atoms with van der Waals surface area (Å²) in [5.74, 6) is -1.31. The summed E-state index contributed by atoms with van der Waals surface area (Å²) in [6, 6.07) is 8.90. The lowest BCUT2D eigenvalue weighted by atomic mass is 9.99. The molecule has 96 valence electrons. The molecule has 1 aliphatic rings. The van der Waals surface area contributed by atoms with Gasteiger partial charge in [-0.25, -0.2) is 4.79 Å². The van der Waals surface area contributed by atoms with Crippen LogP contribution in [0.4, 0.5) is 10.5 Å². The second kappa shape index (κ2) is 5.08. The second-order valence-electron chi connectivity index (χ2n) is 4.62. The van der Waals surface area contributed by atoms with E-state index in [2.05, 4.69) is 5.32 Å². The zero-order chi connectivity index (χ0) is 13.1. The number of benzene rings is 1. The molecule has 2 N–H and O–H groups in total. The molecule has 5 heteroatoms. The Hall–Kier alpha value is -2.04. The Labute approximate surface area is 105 Å². The fourth-order valence-corrected chi connectivity index (χ4v) is 2.18. The molecule has 2 atom stereocenters. The van der Waals surface area contributed by atoms with E-state index in [1.54, 1.807) is 17.0 Å². The van der Waals surface area contributed by atoms with E-state index >= 15 is 0 Å². The maximum Gasteiger partial charge on any atom is 0.321 e. The van der Waals surface area contributed by atoms with E-state index in [1.165, 1.54) is 0 Å². The largest absolute Gasteiger partial charge is 0.481 e. The van der Waals surface area contributed by atoms with E-state index in [0.717, 1.165) is 0 Å². The summed E-state index contributed by atoms with van der Waals surface area (Å²) >= 11 is 0. The Kier molecular flexibility index (Phi) is 3.50. The van der Waals surface area contributed by atoms with Crippen molar-refractivity contribution in [2.24, 2.45) is 11.8 Å². The molecule has 1 aliphatic heterocycles. The highest BCUT2D eigenvalue weighted by Gasteiger charge is 2.36. The van der Waals surface area contributed by atoms with Crippen LogP contribution in [0.15, 0.2) is 30.3 Å². The van der Waals surface area contributed by atoms with Crippen LogP contribution >= 0.6 is 0 Å². The Morgan fingerprint density at radius 3 is 2.50 bits per heavy atom. The first-order valence-corrected chi connectivity index (χ1v) is 5.91. The van der Waals surface area contributed by atoms with Crippen LogP contribution in [0.3, 0.4) is 0 Å². The predicted molar refractivity (Wildman–Crippen MR) is 67.3 cm³/mol. The lowest BCUT2D eigenvalue weighted by Gasteiger charge is -2.16. The molecule has 1 aromatic carbocycles. The van der Waals surface area contributed by atoms with Gasteiger partial charge in [0.15, 0.2) is 0 Å². The number of aliphatic carboxylic acids is 1. The monoisotopic (exact) mass is 248 g/mol. The normalized spacial score (nSPS) is 22.8. The van der Waals surface area contributed by atoms with Crippen LogP contribution in [0.2, 0.25) is 0 Å². The quantitative estimate of drug-likeness (QED) is 0.839. The van der Waals surface area contributed by atoms with E-state index in [0.29, 0.717) is 12.2 Å². The minimum Gasteiger partial charge on any atom is -0.481 e. The maximum atomic E-state index is 12.0. The van der Waals surface area contributed by atoms with Gasteiger partial charge in [0.05, 0.1) is 5.92 Å². The fraction of sp³-hybridized carbons (Fsp3) is 0.385. The number of nitrogens with zero attached hydrogens (tertiary/aromatic N) is 1. The van der Waals surface area contributed by atoms with Crippen molar-refractivity contribution in [3.63, 3.8) is 0 Å². The van der Waals surface area contributed by atoms with E-state index in [1.807, 2.05) is 25.1 Å². The molecule has 0 saturated carbocycles. The summed E-state index contributed by atoms with van der Waals surface area (Å²) in [7, 11) is 0. The van der Waals surface area contributed by atoms with Crippen molar-refractivity contribution < 1.29 is 14.7 Å². The predicted octanol–water partition coefficient (Wildman–Crippen LogP) is 1.87. The van der Waals surface area contributed by atoms with Crippen LogP contribution < -0.4 is 5.32 Å². The SMILES string of the molecule is CC1CN(C(=O)Nc2ccccc2)CC1C(=O)O. The number of urea groups is 1. The highest BCUT2D eigenvalue weighted by molar-refractivity contribution is 5.90. The van der Waals surface area contributed by atoms with Gasteiger partial charge in [0.1, 0.15) is 0 Å². The van der Waals surface area contributed by atoms with Crippen molar-refractivity contribution in [1.82, 2.24) is 4.90 Å². The van der Waals surface area contributed by atoms with Gasteiger partial charge in [0.25, 0.3) is 0 Å². The third-order valence-electron chi connectivity index (χ3n) is 3.24. The van der Waals surface area contributed by atoms with Gasteiger partial charge in [0.2, 0.25) is 0 Å². The van der Waals surface area contributed by atoms with Crippen LogP contribution in [0.5, 0.6) is 0 Å². The Balaban J connectivity index is 1.97. The number of para-hydroxylation sites is 1. The minimum atomic E-state index is -0.836. The van der Waals surface area contributed by atoms with Crippen LogP contribution in [-0.4, -0.2) is 35.1 Å². The number of hydrogen-bond acceptors (Lipinski definition) is 2. The Morgan fingerprint density at radius 1 is 1.28 bits per heavy atom. The number of nitrogens with one attached hydrogen (secondary N) is 1. The van der Waals surface area contributed by atoms with Crippen molar-refractivity contribution >= 4 is 17.7 Å². The van der Waals surface area contributed by atoms with Crippen molar-refractivity contribution in [2.75, 3.05) is 18.4 Å². The van der Waals surface area contributed by atoms with E-state index < -0.39 is 11.9 Å². The van der Waals surface area contributed by atoms with Gasteiger partial charge in [-0.1, -0.05) is 25.1 Å². The molecule has 2 amide bonds. The summed E-state index contributed by atoms with van der Waals surface area (Å²) in [4.78, 5) is 24.5. The van der Waals surface area contributed by atoms with Crippen LogP contribution in [0, 0.1) is 11.8 Å². The molecule has 2 unspecified atom stereocenters. The number of carbonyl (C=O) groups is 2. The van der Waals surface area contributed by atoms with Gasteiger partial charge in [-0.15, -0.1) is 0 Å². The smallest absolute Gasteiger partial charge is 0.321 e. The van der Waals surface area contributed by atoms with E-state index in [-0.39, 0.29) is 18.5 Å². The highest BCUT2D eigenvalue weighted by Crippen LogP contribution is 2.23. The van der Waals surface area contributed by atoms with Crippen molar-refractivity contribution in [1.29, 1.82) is 0 Å². The average Bonchev–Trinajstić information content (AvgIpc) is 2.73. The van der Waals surface area contributed by atoms with Crippen LogP contribution in [0.1, 0.15) is 6.92 Å². The first kappa shape index (κ1) is 12.4. The van der Waals surface area contributed by atoms with E-state index in [9.17, 15) is 9.59 Å². The summed E-state index contributed by atoms with van der Waals surface area (Å²) < 4.78 is 0. The molecule has 0 spiro atoms. The van der Waals surface area contributed by atoms with Crippen LogP contribution in [-0.2, 0) is 4.79 Å². The van der Waals surface area contributed by atoms with Gasteiger partial charge in [-0.2, -0.15) is 0 Å². The maximum absolute atomic E-state index is 12.0. The molecule has 1 fully saturated rings. The first-order chi connectivity index (χ1) is 8.58. The first-order valence-electron chi connectivity index (χ1n) is 5.91. The van der Waals surface area contributed by atoms with Crippen molar-refractivity contribution in [2.45, 2.75) is 6.92 Å². The van der Waals surface area contributed by atoms with Gasteiger partial charge < -0.3 is 15.3 Å². The zero-order valence-corrected chi connectivity index (χ0v) is 10.2. The molecule has 18 heavy (non-hydrogen) atoms. The minimum absolute atomic E-state index is 0.0102. The third kappa shape index (κ3) is 2.61. The molecular weight excluding hydrogens is 232 g/mol. The molecule has 0 aromatic heterocycles. The summed E-state index contributed by atoms with van der Waals surface area (Å²) in [5, 5.41) is 11.8. The number of hydrogen-bond donors (Lipinski definition) is 2. The summed E-state index contributed by atoms with van der Waals surface area (Å²) in [5.41, 5.74) is 0.717. The molecule has 2 rings (SSSR count). The van der Waals surface area contributed by atoms with Gasteiger partial charge in [-0.3, -0.25) is 4.79 Å².